The van der Waals surface area contributed by atoms with E-state index in [0.717, 1.165) is 34.2 Å². The third-order valence-electron chi connectivity index (χ3n) is 4.52. The molecule has 0 aliphatic heterocycles. The highest BCUT2D eigenvalue weighted by Crippen LogP contribution is 2.19. The monoisotopic (exact) mass is 505 g/mol. The first-order valence-corrected chi connectivity index (χ1v) is 9.29. The average molecular weight is 505 g/mol. The summed E-state index contributed by atoms with van der Waals surface area (Å²) in [6.45, 7) is 5.31. The summed E-state index contributed by atoms with van der Waals surface area (Å²) in [5, 5.41) is 11.2. The van der Waals surface area contributed by atoms with Crippen LogP contribution in [0.1, 0.15) is 22.4 Å². The molecule has 0 radical (unpaired) electrons. The molecule has 1 aromatic heterocycles. The summed E-state index contributed by atoms with van der Waals surface area (Å²) in [7, 11) is 3.46. The minimum Gasteiger partial charge on any atom is -0.496 e. The second kappa shape index (κ2) is 10.8. The van der Waals surface area contributed by atoms with Gasteiger partial charge in [0.05, 0.1) is 18.5 Å². The smallest absolute Gasteiger partial charge is 0.191 e. The topological polar surface area (TPSA) is 63.5 Å². The number of nitrogens with one attached hydrogen (secondary N) is 2. The fourth-order valence-electron chi connectivity index (χ4n) is 3.01. The number of ether oxygens (including phenoxy) is 1. The van der Waals surface area contributed by atoms with Crippen molar-refractivity contribution < 1.29 is 4.74 Å². The number of benzene rings is 2. The second-order valence-electron chi connectivity index (χ2n) is 6.63. The molecule has 6 nitrogen and oxygen atoms in total. The Hall–Kier alpha value is -2.55. The molecule has 1 heterocycles. The van der Waals surface area contributed by atoms with E-state index in [4.69, 9.17) is 4.74 Å². The Kier molecular flexibility index (Phi) is 8.50. The molecule has 0 unspecified atom stereocenters. The normalized spacial score (nSPS) is 11.0. The van der Waals surface area contributed by atoms with E-state index in [-0.39, 0.29) is 24.0 Å². The van der Waals surface area contributed by atoms with Gasteiger partial charge in [0.25, 0.3) is 0 Å². The Morgan fingerprint density at radius 1 is 1.03 bits per heavy atom. The molecule has 2 N–H and O–H groups in total. The van der Waals surface area contributed by atoms with Crippen LogP contribution in [0.15, 0.2) is 59.7 Å². The summed E-state index contributed by atoms with van der Waals surface area (Å²) < 4.78 is 7.38. The summed E-state index contributed by atoms with van der Waals surface area (Å²) >= 11 is 0. The van der Waals surface area contributed by atoms with Gasteiger partial charge in [-0.3, -0.25) is 4.99 Å². The number of methoxy groups -OCH3 is 1. The maximum absolute atomic E-state index is 5.48. The molecule has 0 amide bonds. The van der Waals surface area contributed by atoms with Gasteiger partial charge in [-0.25, -0.2) is 4.68 Å². The van der Waals surface area contributed by atoms with Gasteiger partial charge in [-0.05, 0) is 43.2 Å². The number of hydrogen-bond donors (Lipinski definition) is 2. The number of nitrogens with zero attached hydrogens (tertiary/aromatic N) is 3. The van der Waals surface area contributed by atoms with Crippen LogP contribution in [0.25, 0.3) is 5.69 Å². The van der Waals surface area contributed by atoms with Crippen LogP contribution in [0, 0.1) is 13.8 Å². The van der Waals surface area contributed by atoms with Crippen molar-refractivity contribution in [3.63, 3.8) is 0 Å². The van der Waals surface area contributed by atoms with E-state index in [1.165, 1.54) is 5.56 Å². The molecule has 7 heteroatoms. The van der Waals surface area contributed by atoms with Crippen molar-refractivity contribution in [1.82, 2.24) is 20.4 Å². The second-order valence-corrected chi connectivity index (χ2v) is 6.63. The molecule has 0 fully saturated rings. The van der Waals surface area contributed by atoms with Crippen LogP contribution in [-0.2, 0) is 13.1 Å². The number of para-hydroxylation sites is 1. The van der Waals surface area contributed by atoms with Crippen molar-refractivity contribution in [2.75, 3.05) is 14.2 Å². The molecule has 0 atom stereocenters. The van der Waals surface area contributed by atoms with E-state index in [9.17, 15) is 0 Å². The maximum atomic E-state index is 5.48. The zero-order valence-corrected chi connectivity index (χ0v) is 19.6. The Balaban J connectivity index is 0.00000300. The largest absolute Gasteiger partial charge is 0.496 e. The van der Waals surface area contributed by atoms with Crippen molar-refractivity contribution in [3.05, 3.63) is 77.1 Å². The molecule has 2 aromatic carbocycles. The number of halogens is 1. The Morgan fingerprint density at radius 2 is 1.76 bits per heavy atom. The van der Waals surface area contributed by atoms with Gasteiger partial charge in [0, 0.05) is 31.9 Å². The van der Waals surface area contributed by atoms with Crippen LogP contribution in [0.3, 0.4) is 0 Å². The third-order valence-corrected chi connectivity index (χ3v) is 4.52. The van der Waals surface area contributed by atoms with E-state index in [1.54, 1.807) is 14.2 Å². The molecular weight excluding hydrogens is 477 g/mol. The predicted octanol–water partition coefficient (Wildman–Crippen LogP) is 3.98. The van der Waals surface area contributed by atoms with Crippen molar-refractivity contribution >= 4 is 29.9 Å². The lowest BCUT2D eigenvalue weighted by Crippen LogP contribution is -2.36. The van der Waals surface area contributed by atoms with Gasteiger partial charge in [0.15, 0.2) is 5.96 Å². The zero-order chi connectivity index (χ0) is 19.9. The lowest BCUT2D eigenvalue weighted by Gasteiger charge is -2.15. The minimum atomic E-state index is 0. The number of hydrogen-bond acceptors (Lipinski definition) is 3. The predicted molar refractivity (Wildman–Crippen MR) is 128 cm³/mol. The van der Waals surface area contributed by atoms with E-state index in [0.29, 0.717) is 13.1 Å². The Morgan fingerprint density at radius 3 is 2.41 bits per heavy atom. The maximum Gasteiger partial charge on any atom is 0.191 e. The number of rotatable bonds is 6. The molecule has 29 heavy (non-hydrogen) atoms. The van der Waals surface area contributed by atoms with E-state index in [2.05, 4.69) is 51.9 Å². The van der Waals surface area contributed by atoms with E-state index < -0.39 is 0 Å². The molecule has 154 valence electrons. The van der Waals surface area contributed by atoms with Gasteiger partial charge < -0.3 is 15.4 Å². The van der Waals surface area contributed by atoms with Crippen molar-refractivity contribution in [3.8, 4) is 11.4 Å². The quantitative estimate of drug-likeness (QED) is 0.302. The van der Waals surface area contributed by atoms with Gasteiger partial charge in [-0.15, -0.1) is 24.0 Å². The van der Waals surface area contributed by atoms with Crippen LogP contribution >= 0.6 is 24.0 Å². The molecular formula is C22H28IN5O. The van der Waals surface area contributed by atoms with Crippen molar-refractivity contribution in [2.24, 2.45) is 4.99 Å². The Labute approximate surface area is 189 Å². The standard InChI is InChI=1S/C22H27N5O.HI/c1-16-9-10-19(21(13-16)28-4)15-25-22(23-3)24-14-18-7-5-6-8-20(18)27-12-11-17(2)26-27;/h5-13H,14-15H2,1-4H3,(H2,23,24,25);1H. The van der Waals surface area contributed by atoms with Crippen LogP contribution in [0.4, 0.5) is 0 Å². The molecule has 0 aliphatic rings. The fraction of sp³-hybridized carbons (Fsp3) is 0.273. The lowest BCUT2D eigenvalue weighted by molar-refractivity contribution is 0.408. The first-order chi connectivity index (χ1) is 13.6. The first kappa shape index (κ1) is 22.7. The minimum absolute atomic E-state index is 0. The van der Waals surface area contributed by atoms with Crippen molar-refractivity contribution in [2.45, 2.75) is 26.9 Å². The molecule has 0 spiro atoms. The number of aromatic nitrogens is 2. The SMILES string of the molecule is CN=C(NCc1ccc(C)cc1OC)NCc1ccccc1-n1ccc(C)n1.I. The molecule has 3 aromatic rings. The van der Waals surface area contributed by atoms with Crippen molar-refractivity contribution in [1.29, 1.82) is 0 Å². The number of aryl methyl sites for hydroxylation is 2. The summed E-state index contributed by atoms with van der Waals surface area (Å²) in [6.07, 6.45) is 1.98. The molecule has 0 saturated carbocycles. The van der Waals surface area contributed by atoms with Gasteiger partial charge >= 0.3 is 0 Å². The number of guanidine groups is 1. The van der Waals surface area contributed by atoms with Crippen LogP contribution in [0.5, 0.6) is 5.75 Å². The van der Waals surface area contributed by atoms with Crippen LogP contribution < -0.4 is 15.4 Å². The molecule has 0 saturated heterocycles. The molecule has 3 rings (SSSR count). The molecule has 0 aliphatic carbocycles. The third kappa shape index (κ3) is 5.96. The highest BCUT2D eigenvalue weighted by Gasteiger charge is 2.08. The Bertz CT molecular complexity index is 967. The fourth-order valence-corrected chi connectivity index (χ4v) is 3.01. The lowest BCUT2D eigenvalue weighted by atomic mass is 10.1. The summed E-state index contributed by atoms with van der Waals surface area (Å²) in [5.41, 5.74) is 5.45. The van der Waals surface area contributed by atoms with Gasteiger partial charge in [-0.1, -0.05) is 30.3 Å². The van der Waals surface area contributed by atoms with Gasteiger partial charge in [-0.2, -0.15) is 5.10 Å². The summed E-state index contributed by atoms with van der Waals surface area (Å²) in [4.78, 5) is 4.33. The first-order valence-electron chi connectivity index (χ1n) is 9.29. The molecule has 0 bridgehead atoms. The summed E-state index contributed by atoms with van der Waals surface area (Å²) in [5.74, 6) is 1.61. The average Bonchev–Trinajstić information content (AvgIpc) is 3.15. The van der Waals surface area contributed by atoms with Crippen LogP contribution in [0.2, 0.25) is 0 Å². The van der Waals surface area contributed by atoms with E-state index in [1.807, 2.05) is 42.1 Å². The highest BCUT2D eigenvalue weighted by atomic mass is 127. The highest BCUT2D eigenvalue weighted by molar-refractivity contribution is 14.0. The van der Waals surface area contributed by atoms with Crippen LogP contribution in [-0.4, -0.2) is 29.9 Å². The van der Waals surface area contributed by atoms with E-state index >= 15 is 0 Å². The van der Waals surface area contributed by atoms with Gasteiger partial charge in [0.2, 0.25) is 0 Å². The summed E-state index contributed by atoms with van der Waals surface area (Å²) in [6, 6.07) is 16.4. The van der Waals surface area contributed by atoms with Gasteiger partial charge in [0.1, 0.15) is 5.75 Å². The zero-order valence-electron chi connectivity index (χ0n) is 17.3. The number of aliphatic imine (C=N–C) groups is 1.